The second-order valence-corrected chi connectivity index (χ2v) is 17.6. The Labute approximate surface area is 384 Å². The van der Waals surface area contributed by atoms with E-state index in [2.05, 4.69) is 235 Å². The second-order valence-electron chi connectivity index (χ2n) is 17.6. The normalized spacial score (nSPS) is 12.7. The van der Waals surface area contributed by atoms with E-state index in [0.717, 1.165) is 80.6 Å². The fourth-order valence-electron chi connectivity index (χ4n) is 9.25. The van der Waals surface area contributed by atoms with Crippen LogP contribution in [0.15, 0.2) is 158 Å². The van der Waals surface area contributed by atoms with Crippen LogP contribution in [-0.4, -0.2) is 19.1 Å². The van der Waals surface area contributed by atoms with Crippen molar-refractivity contribution >= 4 is 0 Å². The van der Waals surface area contributed by atoms with Crippen molar-refractivity contribution in [2.75, 3.05) is 0 Å². The van der Waals surface area contributed by atoms with Crippen LogP contribution in [0.3, 0.4) is 0 Å². The van der Waals surface area contributed by atoms with E-state index in [9.17, 15) is 0 Å². The van der Waals surface area contributed by atoms with Gasteiger partial charge in [-0.1, -0.05) is 221 Å². The van der Waals surface area contributed by atoms with E-state index in [0.29, 0.717) is 23.7 Å². The summed E-state index contributed by atoms with van der Waals surface area (Å²) in [4.78, 5) is 11.3. The smallest absolute Gasteiger partial charge is 0.428 e. The van der Waals surface area contributed by atoms with Crippen LogP contribution in [0.25, 0.3) is 56.4 Å². The van der Waals surface area contributed by atoms with Crippen LogP contribution in [0.4, 0.5) is 0 Å². The number of hydrogen-bond acceptors (Lipinski definition) is 2. The first kappa shape index (κ1) is 44.5. The summed E-state index contributed by atoms with van der Waals surface area (Å²) in [7, 11) is 0. The fraction of sp³-hybridized carbons (Fsp3) is 0.263. The molecule has 4 aromatic heterocycles. The quantitative estimate of drug-likeness (QED) is 0.102. The van der Waals surface area contributed by atoms with Gasteiger partial charge in [0, 0.05) is 16.8 Å². The minimum atomic E-state index is -0.579. The molecule has 0 aliphatic rings. The molecule has 0 aliphatic heterocycles. The number of aromatic nitrogens is 4. The monoisotopic (exact) mass is 993 g/mol. The molecule has 4 aromatic carbocycles. The van der Waals surface area contributed by atoms with Gasteiger partial charge in [0.2, 0.25) is 0 Å². The molecule has 0 aliphatic carbocycles. The van der Waals surface area contributed by atoms with E-state index in [1.807, 2.05) is 0 Å². The Balaban J connectivity index is 0.00000578. The Bertz CT molecular complexity index is 2510. The number of pyridine rings is 2. The van der Waals surface area contributed by atoms with Crippen molar-refractivity contribution in [3.8, 4) is 56.4 Å². The fourth-order valence-corrected chi connectivity index (χ4v) is 9.25. The molecule has 0 saturated carbocycles. The molecule has 0 saturated heterocycles. The maximum absolute atomic E-state index is 5.64. The predicted molar refractivity (Wildman–Crippen MR) is 254 cm³/mol. The molecule has 4 heterocycles. The van der Waals surface area contributed by atoms with Crippen LogP contribution in [0.1, 0.15) is 103 Å². The summed E-state index contributed by atoms with van der Waals surface area (Å²) in [5.74, 6) is 3.32. The SMILES string of the molecule is CCC(c1cc(-n2[c-]cc(-c3ccccc3)c2-c2ccccc2)nc(C(C)(C)c2cc(C(CC)C(C)C)cc(-n3[c-]cc(-c4ccccc4)c3-c3ccccc3)n2)c1)C(C)C.[Pt+2]. The summed E-state index contributed by atoms with van der Waals surface area (Å²) in [5, 5.41) is 0. The Morgan fingerprint density at radius 3 is 1.11 bits per heavy atom. The topological polar surface area (TPSA) is 35.6 Å². The Kier molecular flexibility index (Phi) is 13.8. The summed E-state index contributed by atoms with van der Waals surface area (Å²) in [6, 6.07) is 56.1. The zero-order valence-electron chi connectivity index (χ0n) is 37.3. The van der Waals surface area contributed by atoms with Crippen molar-refractivity contribution in [2.45, 2.75) is 85.5 Å². The molecule has 0 radical (unpaired) electrons. The molecule has 0 fully saturated rings. The standard InChI is InChI=1S/C57H58N4.Pt/c1-9-47(39(3)4)45-35-51(58-53(37-45)60-33-31-49(41-23-15-11-16-24-41)55(60)43-27-19-13-20-28-43)57(7,8)52-36-46(48(10-2)40(5)6)38-54(59-52)61-34-32-50(42-25-17-12-18-26-42)56(61)44-29-21-14-22-30-44;/h11-32,35-40,47-48H,9-10H2,1-8H3;/q-2;+2. The number of nitrogens with zero attached hydrogens (tertiary/aromatic N) is 4. The largest absolute Gasteiger partial charge is 2.00 e. The van der Waals surface area contributed by atoms with E-state index in [4.69, 9.17) is 9.97 Å². The number of hydrogen-bond donors (Lipinski definition) is 0. The molecule has 0 amide bonds. The summed E-state index contributed by atoms with van der Waals surface area (Å²) in [6.45, 7) is 18.5. The van der Waals surface area contributed by atoms with Crippen molar-refractivity contribution in [3.05, 3.63) is 193 Å². The number of benzene rings is 4. The van der Waals surface area contributed by atoms with Gasteiger partial charge in [0.15, 0.2) is 0 Å². The van der Waals surface area contributed by atoms with Gasteiger partial charge in [0.05, 0.1) is 11.6 Å². The van der Waals surface area contributed by atoms with Gasteiger partial charge in [0.25, 0.3) is 0 Å². The minimum Gasteiger partial charge on any atom is -0.428 e. The van der Waals surface area contributed by atoms with E-state index < -0.39 is 5.41 Å². The summed E-state index contributed by atoms with van der Waals surface area (Å²) >= 11 is 0. The van der Waals surface area contributed by atoms with Gasteiger partial charge in [-0.2, -0.15) is 0 Å². The van der Waals surface area contributed by atoms with Gasteiger partial charge < -0.3 is 9.13 Å². The molecule has 0 N–H and O–H groups in total. The maximum atomic E-state index is 5.64. The van der Waals surface area contributed by atoms with Gasteiger partial charge in [-0.3, -0.25) is 9.97 Å². The van der Waals surface area contributed by atoms with Gasteiger partial charge >= 0.3 is 21.1 Å². The average Bonchev–Trinajstić information content (AvgIpc) is 3.94. The third-order valence-corrected chi connectivity index (χ3v) is 12.7. The summed E-state index contributed by atoms with van der Waals surface area (Å²) < 4.78 is 4.36. The molecule has 62 heavy (non-hydrogen) atoms. The van der Waals surface area contributed by atoms with Crippen LogP contribution in [0, 0.1) is 24.2 Å². The molecule has 4 nitrogen and oxygen atoms in total. The van der Waals surface area contributed by atoms with Crippen molar-refractivity contribution < 1.29 is 21.1 Å². The second kappa shape index (κ2) is 19.2. The Hall–Kier alpha value is -5.57. The zero-order valence-corrected chi connectivity index (χ0v) is 39.6. The predicted octanol–water partition coefficient (Wildman–Crippen LogP) is 14.9. The van der Waals surface area contributed by atoms with E-state index in [1.54, 1.807) is 0 Å². The molecular formula is C57H58N4Pt. The molecular weight excluding hydrogens is 936 g/mol. The van der Waals surface area contributed by atoms with Crippen LogP contribution in [-0.2, 0) is 26.5 Å². The maximum Gasteiger partial charge on any atom is 2.00 e. The van der Waals surface area contributed by atoms with Crippen LogP contribution >= 0.6 is 0 Å². The van der Waals surface area contributed by atoms with Crippen molar-refractivity contribution in [3.63, 3.8) is 0 Å². The van der Waals surface area contributed by atoms with Crippen molar-refractivity contribution in [2.24, 2.45) is 11.8 Å². The van der Waals surface area contributed by atoms with Crippen molar-refractivity contribution in [1.82, 2.24) is 19.1 Å². The van der Waals surface area contributed by atoms with Crippen LogP contribution in [0.2, 0.25) is 0 Å². The van der Waals surface area contributed by atoms with Gasteiger partial charge in [0.1, 0.15) is 0 Å². The van der Waals surface area contributed by atoms with E-state index >= 15 is 0 Å². The molecule has 0 spiro atoms. The molecule has 316 valence electrons. The first-order valence-corrected chi connectivity index (χ1v) is 22.1. The Morgan fingerprint density at radius 2 is 0.806 bits per heavy atom. The van der Waals surface area contributed by atoms with Crippen LogP contribution in [0.5, 0.6) is 0 Å². The molecule has 2 atom stereocenters. The molecule has 8 aromatic rings. The first-order chi connectivity index (χ1) is 29.6. The summed E-state index contributed by atoms with van der Waals surface area (Å²) in [5.41, 5.74) is 12.9. The molecule has 0 bridgehead atoms. The average molecular weight is 994 g/mol. The third kappa shape index (κ3) is 8.86. The molecule has 8 rings (SSSR count). The van der Waals surface area contributed by atoms with Gasteiger partial charge in [-0.25, -0.2) is 0 Å². The third-order valence-electron chi connectivity index (χ3n) is 12.7. The van der Waals surface area contributed by atoms with E-state index in [1.165, 1.54) is 11.1 Å². The zero-order chi connectivity index (χ0) is 42.7. The van der Waals surface area contributed by atoms with Crippen LogP contribution < -0.4 is 0 Å². The number of rotatable bonds is 14. The van der Waals surface area contributed by atoms with Crippen molar-refractivity contribution in [1.29, 1.82) is 0 Å². The summed E-state index contributed by atoms with van der Waals surface area (Å²) in [6.07, 6.45) is 9.38. The van der Waals surface area contributed by atoms with E-state index in [-0.39, 0.29) is 21.1 Å². The Morgan fingerprint density at radius 1 is 0.484 bits per heavy atom. The first-order valence-electron chi connectivity index (χ1n) is 22.1. The van der Waals surface area contributed by atoms with Gasteiger partial charge in [-0.15, -0.1) is 23.3 Å². The molecule has 2 unspecified atom stereocenters. The molecule has 5 heteroatoms. The minimum absolute atomic E-state index is 0. The van der Waals surface area contributed by atoms with Gasteiger partial charge in [-0.05, 0) is 73.6 Å².